The van der Waals surface area contributed by atoms with E-state index < -0.39 is 11.5 Å². The quantitative estimate of drug-likeness (QED) is 0.494. The van der Waals surface area contributed by atoms with E-state index in [0.717, 1.165) is 17.7 Å². The number of ether oxygens (including phenoxy) is 3. The van der Waals surface area contributed by atoms with Crippen LogP contribution in [0.25, 0.3) is 0 Å². The number of amides is 1. The van der Waals surface area contributed by atoms with Gasteiger partial charge in [-0.05, 0) is 44.5 Å². The summed E-state index contributed by atoms with van der Waals surface area (Å²) in [6.45, 7) is 6.46. The van der Waals surface area contributed by atoms with Crippen LogP contribution in [0, 0.1) is 11.8 Å². The van der Waals surface area contributed by atoms with E-state index in [1.807, 2.05) is 13.0 Å². The molecule has 1 amide bonds. The summed E-state index contributed by atoms with van der Waals surface area (Å²) >= 11 is 0. The Kier molecular flexibility index (Phi) is 6.46. The van der Waals surface area contributed by atoms with Crippen molar-refractivity contribution in [3.8, 4) is 11.5 Å². The molecule has 4 atom stereocenters. The number of fused-ring (bicyclic) bond motifs is 6. The molecule has 34 heavy (non-hydrogen) atoms. The van der Waals surface area contributed by atoms with Crippen molar-refractivity contribution in [1.82, 2.24) is 4.90 Å². The lowest BCUT2D eigenvalue weighted by Gasteiger charge is -2.48. The Morgan fingerprint density at radius 1 is 1.18 bits per heavy atom. The maximum atomic E-state index is 14.2. The lowest BCUT2D eigenvalue weighted by atomic mass is 9.57. The lowest BCUT2D eigenvalue weighted by molar-refractivity contribution is -0.144. The first-order chi connectivity index (χ1) is 16.2. The highest BCUT2D eigenvalue weighted by Gasteiger charge is 2.64. The highest BCUT2D eigenvalue weighted by atomic mass is 16.5. The second-order valence-electron chi connectivity index (χ2n) is 9.58. The highest BCUT2D eigenvalue weighted by Crippen LogP contribution is 2.59. The molecule has 3 fully saturated rings. The van der Waals surface area contributed by atoms with E-state index in [2.05, 4.69) is 18.0 Å². The van der Waals surface area contributed by atoms with E-state index in [9.17, 15) is 14.4 Å². The number of nitrogens with zero attached hydrogens (tertiary/aromatic N) is 2. The van der Waals surface area contributed by atoms with Gasteiger partial charge in [0, 0.05) is 38.8 Å². The van der Waals surface area contributed by atoms with E-state index in [1.54, 1.807) is 25.2 Å². The summed E-state index contributed by atoms with van der Waals surface area (Å²) in [6.07, 6.45) is 2.97. The summed E-state index contributed by atoms with van der Waals surface area (Å²) in [7, 11) is 5.17. The molecule has 0 radical (unpaired) electrons. The molecular weight excluding hydrogens is 436 g/mol. The van der Waals surface area contributed by atoms with Crippen molar-refractivity contribution in [3.63, 3.8) is 0 Å². The molecule has 4 unspecified atom stereocenters. The number of allylic oxidation sites excluding steroid dienone is 1. The predicted molar refractivity (Wildman–Crippen MR) is 127 cm³/mol. The first kappa shape index (κ1) is 24.3. The van der Waals surface area contributed by atoms with Crippen LogP contribution in [0.15, 0.2) is 23.8 Å². The molecule has 1 aromatic carbocycles. The number of carbonyl (C=O) groups is 3. The zero-order valence-corrected chi connectivity index (χ0v) is 20.8. The fraction of sp³-hybridized carbons (Fsp3) is 0.577. The number of ketones is 1. The van der Waals surface area contributed by atoms with Crippen LogP contribution in [0.5, 0.6) is 11.5 Å². The topological polar surface area (TPSA) is 85.4 Å². The molecule has 4 aliphatic rings. The molecule has 1 spiro atoms. The van der Waals surface area contributed by atoms with Crippen LogP contribution in [0.1, 0.15) is 39.2 Å². The van der Waals surface area contributed by atoms with E-state index >= 15 is 0 Å². The Morgan fingerprint density at radius 3 is 2.44 bits per heavy atom. The number of hydrogen-bond donors (Lipinski definition) is 0. The molecule has 5 rings (SSSR count). The fourth-order valence-electron chi connectivity index (χ4n) is 6.37. The van der Waals surface area contributed by atoms with Gasteiger partial charge in [-0.3, -0.25) is 14.4 Å². The maximum Gasteiger partial charge on any atom is 0.302 e. The molecule has 8 nitrogen and oxygen atoms in total. The average molecular weight is 471 g/mol. The van der Waals surface area contributed by atoms with E-state index in [0.29, 0.717) is 36.6 Å². The van der Waals surface area contributed by atoms with Gasteiger partial charge in [-0.1, -0.05) is 11.6 Å². The van der Waals surface area contributed by atoms with Crippen molar-refractivity contribution in [1.29, 1.82) is 0 Å². The number of carbonyl (C=O) groups excluding carboxylic acids is 3. The van der Waals surface area contributed by atoms with Crippen LogP contribution in [0.3, 0.4) is 0 Å². The first-order valence-electron chi connectivity index (χ1n) is 11.8. The third kappa shape index (κ3) is 3.59. The molecule has 3 aliphatic heterocycles. The van der Waals surface area contributed by atoms with Gasteiger partial charge in [0.25, 0.3) is 0 Å². The van der Waals surface area contributed by atoms with Crippen LogP contribution in [0.2, 0.25) is 0 Å². The Balaban J connectivity index is 2.02. The van der Waals surface area contributed by atoms with E-state index in [1.165, 1.54) is 13.8 Å². The molecular formula is C26H34N2O6. The minimum Gasteiger partial charge on any atom is -0.493 e. The number of benzene rings is 1. The van der Waals surface area contributed by atoms with Crippen molar-refractivity contribution in [2.45, 2.75) is 45.1 Å². The summed E-state index contributed by atoms with van der Waals surface area (Å²) in [4.78, 5) is 43.2. The van der Waals surface area contributed by atoms with Crippen LogP contribution < -0.4 is 14.4 Å². The Labute approximate surface area is 200 Å². The van der Waals surface area contributed by atoms with Crippen molar-refractivity contribution in [2.75, 3.05) is 45.9 Å². The van der Waals surface area contributed by atoms with Crippen LogP contribution in [-0.4, -0.2) is 69.6 Å². The maximum absolute atomic E-state index is 14.2. The van der Waals surface area contributed by atoms with Gasteiger partial charge in [0.05, 0.1) is 38.0 Å². The monoisotopic (exact) mass is 470 g/mol. The first-order valence-corrected chi connectivity index (χ1v) is 11.8. The smallest absolute Gasteiger partial charge is 0.302 e. The summed E-state index contributed by atoms with van der Waals surface area (Å²) in [5.41, 5.74) is 1.68. The Bertz CT molecular complexity index is 1050. The van der Waals surface area contributed by atoms with Gasteiger partial charge in [-0.25, -0.2) is 0 Å². The zero-order valence-electron chi connectivity index (χ0n) is 20.8. The summed E-state index contributed by atoms with van der Waals surface area (Å²) < 4.78 is 16.7. The number of rotatable bonds is 4. The number of methoxy groups -OCH3 is 2. The average Bonchev–Trinajstić information content (AvgIpc) is 3.13. The second kappa shape index (κ2) is 9.06. The standard InChI is InChI=1S/C26H34N2O6/c1-7-17-13-27(4)9-8-26-20-11-22(32-5)23(33-6)12-21(20)28(15(2)29)25(26)19(14-34-16(3)30)18(17)10-24(26)31/h7,11-12,18-19,25H,8-10,13-14H2,1-6H3. The number of Topliss-reactive ketones (excluding diaryl/α,β-unsaturated/α-hetero) is 1. The van der Waals surface area contributed by atoms with Crippen molar-refractivity contribution in [2.24, 2.45) is 11.8 Å². The molecule has 184 valence electrons. The minimum absolute atomic E-state index is 0.119. The van der Waals surface area contributed by atoms with Gasteiger partial charge < -0.3 is 24.0 Å². The van der Waals surface area contributed by atoms with E-state index in [-0.39, 0.29) is 36.1 Å². The normalized spacial score (nSPS) is 29.7. The molecule has 2 bridgehead atoms. The van der Waals surface area contributed by atoms with Crippen molar-refractivity contribution >= 4 is 23.3 Å². The third-order valence-electron chi connectivity index (χ3n) is 7.86. The Hall–Kier alpha value is -2.87. The predicted octanol–water partition coefficient (Wildman–Crippen LogP) is 2.73. The molecule has 1 aromatic rings. The SMILES string of the molecule is CC=C1CN(C)CCC23C(=O)CC1C(COC(C)=O)C2N(C(C)=O)c1cc(OC)c(OC)cc13. The van der Waals surface area contributed by atoms with E-state index in [4.69, 9.17) is 14.2 Å². The van der Waals surface area contributed by atoms with Gasteiger partial charge in [-0.2, -0.15) is 0 Å². The molecule has 1 saturated carbocycles. The van der Waals surface area contributed by atoms with Gasteiger partial charge in [-0.15, -0.1) is 0 Å². The van der Waals surface area contributed by atoms with Crippen molar-refractivity contribution < 1.29 is 28.6 Å². The fourth-order valence-corrected chi connectivity index (χ4v) is 6.37. The largest absolute Gasteiger partial charge is 0.493 e. The summed E-state index contributed by atoms with van der Waals surface area (Å²) in [5.74, 6) is 0.255. The van der Waals surface area contributed by atoms with Crippen molar-refractivity contribution in [3.05, 3.63) is 29.3 Å². The van der Waals surface area contributed by atoms with Gasteiger partial charge in [0.2, 0.25) is 5.91 Å². The molecule has 1 aliphatic carbocycles. The second-order valence-corrected chi connectivity index (χ2v) is 9.58. The molecule has 0 N–H and O–H groups in total. The van der Waals surface area contributed by atoms with Crippen LogP contribution >= 0.6 is 0 Å². The third-order valence-corrected chi connectivity index (χ3v) is 7.86. The number of anilines is 1. The number of esters is 1. The number of hydrogen-bond acceptors (Lipinski definition) is 7. The summed E-state index contributed by atoms with van der Waals surface area (Å²) in [6, 6.07) is 3.19. The summed E-state index contributed by atoms with van der Waals surface area (Å²) in [5, 5.41) is 0. The zero-order chi connectivity index (χ0) is 24.8. The van der Waals surface area contributed by atoms with Gasteiger partial charge in [0.1, 0.15) is 5.78 Å². The number of likely N-dealkylation sites (N-methyl/N-ethyl adjacent to an activating group) is 1. The van der Waals surface area contributed by atoms with Crippen LogP contribution in [0.4, 0.5) is 5.69 Å². The van der Waals surface area contributed by atoms with Gasteiger partial charge >= 0.3 is 5.97 Å². The van der Waals surface area contributed by atoms with Crippen LogP contribution in [-0.2, 0) is 24.5 Å². The lowest BCUT2D eigenvalue weighted by Crippen LogP contribution is -2.61. The molecule has 2 saturated heterocycles. The molecule has 8 heteroatoms. The minimum atomic E-state index is -0.917. The Morgan fingerprint density at radius 2 is 1.85 bits per heavy atom. The van der Waals surface area contributed by atoms with Gasteiger partial charge in [0.15, 0.2) is 11.5 Å². The highest BCUT2D eigenvalue weighted by molar-refractivity contribution is 6.05. The molecule has 0 aromatic heterocycles. The molecule has 3 heterocycles.